The molecule has 33 heavy (non-hydrogen) atoms. The average molecular weight is 477 g/mol. The van der Waals surface area contributed by atoms with E-state index in [0.29, 0.717) is 11.7 Å². The number of ether oxygens (including phenoxy) is 2. The maximum Gasteiger partial charge on any atom is 0.361 e. The Kier molecular flexibility index (Phi) is 9.31. The van der Waals surface area contributed by atoms with Crippen LogP contribution in [-0.4, -0.2) is 55.8 Å². The summed E-state index contributed by atoms with van der Waals surface area (Å²) in [6, 6.07) is 16.1. The van der Waals surface area contributed by atoms with E-state index in [0.717, 1.165) is 5.56 Å². The van der Waals surface area contributed by atoms with Crippen LogP contribution in [0.15, 0.2) is 54.6 Å². The summed E-state index contributed by atoms with van der Waals surface area (Å²) in [5.41, 5.74) is 1.50. The SMILES string of the molecule is CCOP(=O)(OCC)C(CON1C(=O)c2ccccc2C1=O)OCCOCc1ccccc1. The normalized spacial score (nSPS) is 14.5. The number of hydroxylamine groups is 2. The van der Waals surface area contributed by atoms with E-state index in [-0.39, 0.29) is 44.2 Å². The van der Waals surface area contributed by atoms with Crippen LogP contribution < -0.4 is 0 Å². The van der Waals surface area contributed by atoms with Gasteiger partial charge < -0.3 is 18.5 Å². The molecule has 3 rings (SSSR count). The molecule has 10 heteroatoms. The Bertz CT molecular complexity index is 938. The highest BCUT2D eigenvalue weighted by Crippen LogP contribution is 2.53. The Balaban J connectivity index is 1.61. The van der Waals surface area contributed by atoms with E-state index >= 15 is 0 Å². The molecule has 2 aromatic carbocycles. The minimum atomic E-state index is -3.76. The van der Waals surface area contributed by atoms with Crippen LogP contribution in [0, 0.1) is 0 Å². The molecule has 0 fully saturated rings. The quantitative estimate of drug-likeness (QED) is 0.228. The Labute approximate surface area is 193 Å². The number of carbonyl (C=O) groups excluding carboxylic acids is 2. The highest BCUT2D eigenvalue weighted by Gasteiger charge is 2.41. The van der Waals surface area contributed by atoms with Crippen LogP contribution in [0.4, 0.5) is 0 Å². The van der Waals surface area contributed by atoms with Crippen LogP contribution in [0.3, 0.4) is 0 Å². The highest BCUT2D eigenvalue weighted by molar-refractivity contribution is 7.54. The zero-order chi connectivity index (χ0) is 23.7. The second kappa shape index (κ2) is 12.2. The van der Waals surface area contributed by atoms with Crippen molar-refractivity contribution in [3.8, 4) is 0 Å². The van der Waals surface area contributed by atoms with Crippen molar-refractivity contribution in [3.05, 3.63) is 71.3 Å². The summed E-state index contributed by atoms with van der Waals surface area (Å²) >= 11 is 0. The number of rotatable bonds is 14. The molecule has 1 aliphatic rings. The van der Waals surface area contributed by atoms with Crippen LogP contribution in [0.5, 0.6) is 0 Å². The Morgan fingerprint density at radius 3 is 2.00 bits per heavy atom. The second-order valence-electron chi connectivity index (χ2n) is 6.99. The van der Waals surface area contributed by atoms with Gasteiger partial charge in [0.15, 0.2) is 5.85 Å². The molecule has 9 nitrogen and oxygen atoms in total. The van der Waals surface area contributed by atoms with Crippen molar-refractivity contribution in [2.24, 2.45) is 0 Å². The van der Waals surface area contributed by atoms with E-state index in [9.17, 15) is 14.2 Å². The molecule has 1 aliphatic heterocycles. The molecule has 2 aromatic rings. The number of carbonyl (C=O) groups is 2. The maximum absolute atomic E-state index is 13.3. The van der Waals surface area contributed by atoms with Gasteiger partial charge in [-0.2, -0.15) is 0 Å². The maximum atomic E-state index is 13.3. The smallest absolute Gasteiger partial charge is 0.361 e. The molecule has 1 unspecified atom stereocenters. The minimum Gasteiger partial charge on any atom is -0.374 e. The van der Waals surface area contributed by atoms with Crippen molar-refractivity contribution in [3.63, 3.8) is 0 Å². The zero-order valence-corrected chi connectivity index (χ0v) is 19.6. The van der Waals surface area contributed by atoms with E-state index in [1.807, 2.05) is 30.3 Å². The number of amides is 2. The molecular formula is C23H28NO8P. The van der Waals surface area contributed by atoms with E-state index in [4.69, 9.17) is 23.4 Å². The first-order chi connectivity index (χ1) is 16.0. The number of nitrogens with zero attached hydrogens (tertiary/aromatic N) is 1. The number of imide groups is 1. The monoisotopic (exact) mass is 477 g/mol. The summed E-state index contributed by atoms with van der Waals surface area (Å²) in [6.45, 7) is 3.90. The zero-order valence-electron chi connectivity index (χ0n) is 18.7. The highest BCUT2D eigenvalue weighted by atomic mass is 31.2. The standard InChI is InChI=1S/C23H28NO8P/c1-3-31-33(27,32-4-2)21(29-15-14-28-16-18-10-6-5-7-11-18)17-30-24-22(25)19-12-8-9-13-20(19)23(24)26/h5-13,21H,3-4,14-17H2,1-2H3. The van der Waals surface area contributed by atoms with Gasteiger partial charge >= 0.3 is 7.60 Å². The van der Waals surface area contributed by atoms with Crippen LogP contribution in [-0.2, 0) is 34.5 Å². The van der Waals surface area contributed by atoms with Crippen LogP contribution in [0.2, 0.25) is 0 Å². The number of hydrogen-bond acceptors (Lipinski definition) is 8. The molecule has 0 aromatic heterocycles. The van der Waals surface area contributed by atoms with Gasteiger partial charge in [-0.25, -0.2) is 0 Å². The first-order valence-corrected chi connectivity index (χ1v) is 12.3. The van der Waals surface area contributed by atoms with Gasteiger partial charge in [-0.15, -0.1) is 5.06 Å². The van der Waals surface area contributed by atoms with Crippen LogP contribution in [0.25, 0.3) is 0 Å². The molecule has 2 amide bonds. The summed E-state index contributed by atoms with van der Waals surface area (Å²) in [6.07, 6.45) is 0. The predicted molar refractivity (Wildman–Crippen MR) is 120 cm³/mol. The molecule has 178 valence electrons. The van der Waals surface area contributed by atoms with Gasteiger partial charge in [-0.3, -0.25) is 19.0 Å². The van der Waals surface area contributed by atoms with Gasteiger partial charge in [0.1, 0.15) is 6.61 Å². The summed E-state index contributed by atoms with van der Waals surface area (Å²) in [7, 11) is -3.76. The van der Waals surface area contributed by atoms with Crippen molar-refractivity contribution >= 4 is 19.4 Å². The van der Waals surface area contributed by atoms with E-state index < -0.39 is 25.3 Å². The van der Waals surface area contributed by atoms with Crippen LogP contribution in [0.1, 0.15) is 40.1 Å². The molecule has 0 N–H and O–H groups in total. The molecule has 0 aliphatic carbocycles. The van der Waals surface area contributed by atoms with Crippen molar-refractivity contribution in [1.29, 1.82) is 0 Å². The topological polar surface area (TPSA) is 101 Å². The van der Waals surface area contributed by atoms with Gasteiger partial charge in [0.2, 0.25) is 0 Å². The molecule has 0 spiro atoms. The van der Waals surface area contributed by atoms with Gasteiger partial charge in [0.05, 0.1) is 44.2 Å². The Morgan fingerprint density at radius 2 is 1.42 bits per heavy atom. The van der Waals surface area contributed by atoms with Crippen molar-refractivity contribution < 1.29 is 37.5 Å². The van der Waals surface area contributed by atoms with Crippen molar-refractivity contribution in [2.75, 3.05) is 33.0 Å². The lowest BCUT2D eigenvalue weighted by Crippen LogP contribution is -2.35. The van der Waals surface area contributed by atoms with E-state index in [1.165, 1.54) is 0 Å². The molecular weight excluding hydrogens is 449 g/mol. The van der Waals surface area contributed by atoms with E-state index in [2.05, 4.69) is 0 Å². The summed E-state index contributed by atoms with van der Waals surface area (Å²) < 4.78 is 35.4. The van der Waals surface area contributed by atoms with Gasteiger partial charge in [0.25, 0.3) is 11.8 Å². The third kappa shape index (κ3) is 6.35. The molecule has 0 saturated heterocycles. The minimum absolute atomic E-state index is 0.0765. The lowest BCUT2D eigenvalue weighted by atomic mass is 10.1. The number of hydrogen-bond donors (Lipinski definition) is 0. The van der Waals surface area contributed by atoms with E-state index in [1.54, 1.807) is 38.1 Å². The molecule has 1 heterocycles. The molecule has 0 radical (unpaired) electrons. The average Bonchev–Trinajstić information content (AvgIpc) is 3.06. The third-order valence-electron chi connectivity index (χ3n) is 4.72. The summed E-state index contributed by atoms with van der Waals surface area (Å²) in [4.78, 5) is 30.6. The first-order valence-electron chi connectivity index (χ1n) is 10.7. The molecule has 0 bridgehead atoms. The first kappa shape index (κ1) is 25.2. The Hall–Kier alpha value is -2.39. The lowest BCUT2D eigenvalue weighted by Gasteiger charge is -2.27. The summed E-state index contributed by atoms with van der Waals surface area (Å²) in [5, 5.41) is 0.648. The van der Waals surface area contributed by atoms with Gasteiger partial charge in [-0.1, -0.05) is 42.5 Å². The molecule has 0 saturated carbocycles. The van der Waals surface area contributed by atoms with Crippen LogP contribution >= 0.6 is 7.60 Å². The number of fused-ring (bicyclic) bond motifs is 1. The van der Waals surface area contributed by atoms with Gasteiger partial charge in [-0.05, 0) is 31.5 Å². The van der Waals surface area contributed by atoms with Crippen molar-refractivity contribution in [1.82, 2.24) is 5.06 Å². The largest absolute Gasteiger partial charge is 0.374 e. The molecule has 1 atom stereocenters. The van der Waals surface area contributed by atoms with Crippen molar-refractivity contribution in [2.45, 2.75) is 26.3 Å². The fourth-order valence-corrected chi connectivity index (χ4v) is 4.89. The summed E-state index contributed by atoms with van der Waals surface area (Å²) in [5.74, 6) is -2.35. The fraction of sp³-hybridized carbons (Fsp3) is 0.391. The number of benzene rings is 2. The predicted octanol–water partition coefficient (Wildman–Crippen LogP) is 4.04. The van der Waals surface area contributed by atoms with Gasteiger partial charge in [0, 0.05) is 0 Å². The second-order valence-corrected chi connectivity index (χ2v) is 9.16. The lowest BCUT2D eigenvalue weighted by molar-refractivity contribution is -0.119. The Morgan fingerprint density at radius 1 is 0.848 bits per heavy atom. The third-order valence-corrected chi connectivity index (χ3v) is 6.96. The fourth-order valence-electron chi connectivity index (χ4n) is 3.22.